The predicted molar refractivity (Wildman–Crippen MR) is 214 cm³/mol. The monoisotopic (exact) mass is 666 g/mol. The zero-order valence-corrected chi connectivity index (χ0v) is 29.0. The highest BCUT2D eigenvalue weighted by molar-refractivity contribution is 6.15. The minimum absolute atomic E-state index is 0.0473. The van der Waals surface area contributed by atoms with Gasteiger partial charge in [0.05, 0.1) is 11.4 Å². The van der Waals surface area contributed by atoms with Crippen molar-refractivity contribution in [3.05, 3.63) is 181 Å². The first-order valence-electron chi connectivity index (χ1n) is 17.8. The predicted octanol–water partition coefficient (Wildman–Crippen LogP) is 13.0. The SMILES string of the molecule is CC1(C)c2ccccc2-c2ccc(-c3ccc(-c4ccc5oc6ccccc6c5c4-c4cc(-c5ccccc5)nc(-c5ccccc5)n4)cc3)cc21. The molecule has 0 aliphatic heterocycles. The topological polar surface area (TPSA) is 38.9 Å². The van der Waals surface area contributed by atoms with E-state index in [4.69, 9.17) is 14.4 Å². The van der Waals surface area contributed by atoms with Gasteiger partial charge in [-0.3, -0.25) is 0 Å². The molecule has 2 heterocycles. The van der Waals surface area contributed by atoms with E-state index >= 15 is 0 Å². The van der Waals surface area contributed by atoms with E-state index in [1.807, 2.05) is 36.4 Å². The van der Waals surface area contributed by atoms with Crippen molar-refractivity contribution in [1.82, 2.24) is 9.97 Å². The van der Waals surface area contributed by atoms with Crippen LogP contribution in [0.4, 0.5) is 0 Å². The van der Waals surface area contributed by atoms with Crippen molar-refractivity contribution in [2.75, 3.05) is 0 Å². The van der Waals surface area contributed by atoms with Gasteiger partial charge in [-0.2, -0.15) is 0 Å². The van der Waals surface area contributed by atoms with Gasteiger partial charge in [-0.15, -0.1) is 0 Å². The molecule has 3 nitrogen and oxygen atoms in total. The van der Waals surface area contributed by atoms with E-state index in [1.165, 1.54) is 33.4 Å². The van der Waals surface area contributed by atoms with E-state index < -0.39 is 0 Å². The van der Waals surface area contributed by atoms with Gasteiger partial charge in [0.25, 0.3) is 0 Å². The molecule has 1 aliphatic carbocycles. The van der Waals surface area contributed by atoms with Crippen molar-refractivity contribution >= 4 is 21.9 Å². The summed E-state index contributed by atoms with van der Waals surface area (Å²) in [5, 5.41) is 2.11. The molecule has 0 spiro atoms. The Hall–Kier alpha value is -6.58. The molecule has 0 amide bonds. The van der Waals surface area contributed by atoms with Crippen LogP contribution in [0.5, 0.6) is 0 Å². The summed E-state index contributed by atoms with van der Waals surface area (Å²) in [5.41, 5.74) is 16.5. The Morgan fingerprint density at radius 2 is 1.04 bits per heavy atom. The second kappa shape index (κ2) is 11.8. The minimum atomic E-state index is -0.0473. The number of furan rings is 1. The number of aromatic nitrogens is 2. The molecular formula is C49H34N2O. The van der Waals surface area contributed by atoms with Crippen molar-refractivity contribution in [2.45, 2.75) is 19.3 Å². The third-order valence-electron chi connectivity index (χ3n) is 10.7. The zero-order chi connectivity index (χ0) is 34.8. The Bertz CT molecular complexity index is 2740. The Morgan fingerprint density at radius 1 is 0.423 bits per heavy atom. The number of benzene rings is 7. The number of para-hydroxylation sites is 1. The first kappa shape index (κ1) is 30.3. The van der Waals surface area contributed by atoms with Crippen molar-refractivity contribution in [3.8, 4) is 67.3 Å². The first-order chi connectivity index (χ1) is 25.5. The maximum Gasteiger partial charge on any atom is 0.160 e. The van der Waals surface area contributed by atoms with Gasteiger partial charge in [-0.05, 0) is 74.8 Å². The van der Waals surface area contributed by atoms with E-state index in [2.05, 4.69) is 147 Å². The molecule has 9 aromatic rings. The van der Waals surface area contributed by atoms with Gasteiger partial charge in [0, 0.05) is 32.9 Å². The van der Waals surface area contributed by atoms with Crippen LogP contribution < -0.4 is 0 Å². The first-order valence-corrected chi connectivity index (χ1v) is 17.8. The van der Waals surface area contributed by atoms with Crippen LogP contribution in [0.15, 0.2) is 174 Å². The smallest absolute Gasteiger partial charge is 0.160 e. The van der Waals surface area contributed by atoms with Crippen LogP contribution in [0.25, 0.3) is 89.2 Å². The molecular weight excluding hydrogens is 633 g/mol. The summed E-state index contributed by atoms with van der Waals surface area (Å²) in [6, 6.07) is 60.0. The summed E-state index contributed by atoms with van der Waals surface area (Å²) in [7, 11) is 0. The van der Waals surface area contributed by atoms with Crippen LogP contribution in [-0.2, 0) is 5.41 Å². The maximum absolute atomic E-state index is 6.45. The fourth-order valence-electron chi connectivity index (χ4n) is 8.10. The van der Waals surface area contributed by atoms with E-state index in [-0.39, 0.29) is 5.41 Å². The molecule has 0 saturated heterocycles. The average molecular weight is 667 g/mol. The van der Waals surface area contributed by atoms with Crippen molar-refractivity contribution in [2.24, 2.45) is 0 Å². The molecule has 0 bridgehead atoms. The summed E-state index contributed by atoms with van der Waals surface area (Å²) in [5.74, 6) is 0.685. The number of nitrogens with zero attached hydrogens (tertiary/aromatic N) is 2. The van der Waals surface area contributed by atoms with Crippen LogP contribution in [0.3, 0.4) is 0 Å². The summed E-state index contributed by atoms with van der Waals surface area (Å²) in [4.78, 5) is 10.4. The summed E-state index contributed by atoms with van der Waals surface area (Å²) in [6.45, 7) is 4.67. The summed E-state index contributed by atoms with van der Waals surface area (Å²) >= 11 is 0. The molecule has 3 heteroatoms. The van der Waals surface area contributed by atoms with Crippen LogP contribution in [0.1, 0.15) is 25.0 Å². The van der Waals surface area contributed by atoms with Crippen molar-refractivity contribution < 1.29 is 4.42 Å². The second-order valence-corrected chi connectivity index (χ2v) is 14.2. The van der Waals surface area contributed by atoms with E-state index in [1.54, 1.807) is 0 Å². The van der Waals surface area contributed by atoms with Gasteiger partial charge in [-0.1, -0.05) is 153 Å². The molecule has 10 rings (SSSR count). The van der Waals surface area contributed by atoms with E-state index in [0.717, 1.165) is 61.1 Å². The highest BCUT2D eigenvalue weighted by Crippen LogP contribution is 2.50. The lowest BCUT2D eigenvalue weighted by atomic mass is 9.81. The lowest BCUT2D eigenvalue weighted by molar-refractivity contribution is 0.660. The molecule has 0 radical (unpaired) electrons. The molecule has 2 aromatic heterocycles. The molecule has 0 atom stereocenters. The fraction of sp³-hybridized carbons (Fsp3) is 0.0612. The Morgan fingerprint density at radius 3 is 1.85 bits per heavy atom. The Labute approximate surface area is 302 Å². The fourth-order valence-corrected chi connectivity index (χ4v) is 8.10. The largest absolute Gasteiger partial charge is 0.456 e. The van der Waals surface area contributed by atoms with Crippen molar-refractivity contribution in [1.29, 1.82) is 0 Å². The number of hydrogen-bond donors (Lipinski definition) is 0. The van der Waals surface area contributed by atoms with Gasteiger partial charge in [0.1, 0.15) is 11.2 Å². The Kier molecular flexibility index (Phi) is 6.84. The van der Waals surface area contributed by atoms with Gasteiger partial charge in [0.2, 0.25) is 0 Å². The molecule has 0 unspecified atom stereocenters. The van der Waals surface area contributed by atoms with Crippen LogP contribution in [-0.4, -0.2) is 9.97 Å². The highest BCUT2D eigenvalue weighted by Gasteiger charge is 2.35. The third kappa shape index (κ3) is 4.81. The third-order valence-corrected chi connectivity index (χ3v) is 10.7. The van der Waals surface area contributed by atoms with Gasteiger partial charge in [0.15, 0.2) is 5.82 Å². The quantitative estimate of drug-likeness (QED) is 0.183. The zero-order valence-electron chi connectivity index (χ0n) is 29.0. The van der Waals surface area contributed by atoms with Crippen LogP contribution in [0, 0.1) is 0 Å². The maximum atomic E-state index is 6.45. The molecule has 52 heavy (non-hydrogen) atoms. The molecule has 0 fully saturated rings. The van der Waals surface area contributed by atoms with Crippen molar-refractivity contribution in [3.63, 3.8) is 0 Å². The number of fused-ring (bicyclic) bond motifs is 6. The molecule has 0 saturated carbocycles. The summed E-state index contributed by atoms with van der Waals surface area (Å²) < 4.78 is 6.45. The minimum Gasteiger partial charge on any atom is -0.456 e. The standard InChI is InChI=1S/C49H34N2O/c1-49(2)40-19-11-9-17-37(40)38-26-25-35(29-41(38)49)31-21-23-32(24-22-31)36-27-28-45-47(39-18-10-12-20-44(39)52-45)46(36)43-30-42(33-13-5-3-6-14-33)50-48(51-43)34-15-7-4-8-16-34/h3-30H,1-2H3. The second-order valence-electron chi connectivity index (χ2n) is 14.2. The lowest BCUT2D eigenvalue weighted by Crippen LogP contribution is -2.14. The molecule has 1 aliphatic rings. The normalized spacial score (nSPS) is 13.0. The van der Waals surface area contributed by atoms with Gasteiger partial charge < -0.3 is 4.42 Å². The van der Waals surface area contributed by atoms with E-state index in [0.29, 0.717) is 5.82 Å². The van der Waals surface area contributed by atoms with Gasteiger partial charge >= 0.3 is 0 Å². The molecule has 246 valence electrons. The molecule has 0 N–H and O–H groups in total. The number of rotatable bonds is 5. The molecule has 7 aromatic carbocycles. The van der Waals surface area contributed by atoms with Crippen LogP contribution >= 0.6 is 0 Å². The lowest BCUT2D eigenvalue weighted by Gasteiger charge is -2.22. The Balaban J connectivity index is 1.16. The highest BCUT2D eigenvalue weighted by atomic mass is 16.3. The van der Waals surface area contributed by atoms with Crippen LogP contribution in [0.2, 0.25) is 0 Å². The van der Waals surface area contributed by atoms with E-state index in [9.17, 15) is 0 Å². The average Bonchev–Trinajstić information content (AvgIpc) is 3.70. The number of hydrogen-bond acceptors (Lipinski definition) is 3. The van der Waals surface area contributed by atoms with Gasteiger partial charge in [-0.25, -0.2) is 9.97 Å². The summed E-state index contributed by atoms with van der Waals surface area (Å²) in [6.07, 6.45) is 0.